The van der Waals surface area contributed by atoms with Gasteiger partial charge in [0.05, 0.1) is 13.2 Å². The summed E-state index contributed by atoms with van der Waals surface area (Å²) in [4.78, 5) is 51.7. The summed E-state index contributed by atoms with van der Waals surface area (Å²) < 4.78 is 35.5. The number of thiocarbonyl (C=S) groups is 2. The molecule has 0 radical (unpaired) electrons. The number of hydrogen-bond acceptors (Lipinski definition) is 8. The molecule has 0 atom stereocenters. The molecule has 49 heavy (non-hydrogen) atoms. The zero-order chi connectivity index (χ0) is 35.8. The second-order valence-corrected chi connectivity index (χ2v) is 12.9. The van der Waals surface area contributed by atoms with Crippen molar-refractivity contribution in [1.29, 1.82) is 0 Å². The van der Waals surface area contributed by atoms with Gasteiger partial charge in [-0.05, 0) is 112 Å². The molecule has 6 rings (SSSR count). The Labute approximate surface area is 300 Å². The molecule has 0 bridgehead atoms. The van der Waals surface area contributed by atoms with E-state index >= 15 is 0 Å². The molecule has 2 aliphatic heterocycles. The number of hydrogen-bond donors (Lipinski definition) is 1. The van der Waals surface area contributed by atoms with E-state index in [1.165, 1.54) is 24.3 Å². The van der Waals surface area contributed by atoms with E-state index in [2.05, 4.69) is 10.1 Å². The maximum absolute atomic E-state index is 13.3. The molecule has 0 unspecified atom stereocenters. The minimum atomic E-state index is -0.875. The number of nitrogens with zero attached hydrogens (tertiary/aromatic N) is 3. The van der Waals surface area contributed by atoms with Crippen LogP contribution in [0, 0.1) is 11.6 Å². The normalized spacial score (nSPS) is 19.2. The second kappa shape index (κ2) is 16.8. The molecule has 3 amide bonds. The molecule has 10 nitrogen and oxygen atoms in total. The van der Waals surface area contributed by atoms with Gasteiger partial charge in [-0.15, -0.1) is 0 Å². The largest absolute Gasteiger partial charge is 0.454 e. The lowest BCUT2D eigenvalue weighted by molar-refractivity contribution is -0.130. The Balaban J connectivity index is 0.000000193. The minimum absolute atomic E-state index is 0.0125. The lowest BCUT2D eigenvalue weighted by Crippen LogP contribution is -2.51. The van der Waals surface area contributed by atoms with E-state index in [9.17, 15) is 28.0 Å². The van der Waals surface area contributed by atoms with Crippen LogP contribution in [0.5, 0.6) is 0 Å². The molecule has 15 heteroatoms. The van der Waals surface area contributed by atoms with E-state index < -0.39 is 22.6 Å². The van der Waals surface area contributed by atoms with Crippen LogP contribution in [0.2, 0.25) is 0 Å². The Kier molecular flexibility index (Phi) is 13.0. The quantitative estimate of drug-likeness (QED) is 0.247. The molecular weight excluding hydrogens is 698 g/mol. The van der Waals surface area contributed by atoms with Gasteiger partial charge in [0, 0.05) is 23.0 Å². The van der Waals surface area contributed by atoms with Crippen molar-refractivity contribution in [3.8, 4) is 0 Å². The average molecular weight is 737 g/mol. The standard InChI is InChI=1S/C17H19FN2O3S.C14H15FN2OS.C3H5ClO2/c1-2-23-16(22)19-14(21)17(10-4-3-5-11-17)20(15(19)24)13-8-6-12(18)7-9-13;15-10-4-6-11(7-5-10)17-13(19)16-12(18)14(17)8-2-1-3-9-14;1-2-6-3(4)5/h6-9H,2-5,10-11H2,1H3;4-7H,1-3,8-9H2,(H,16,18,19);2H2,1H3. The van der Waals surface area contributed by atoms with Gasteiger partial charge in [-0.1, -0.05) is 38.5 Å². The zero-order valence-electron chi connectivity index (χ0n) is 27.3. The summed E-state index contributed by atoms with van der Waals surface area (Å²) in [6.07, 6.45) is 8.07. The van der Waals surface area contributed by atoms with Crippen LogP contribution in [0.25, 0.3) is 0 Å². The van der Waals surface area contributed by atoms with Crippen LogP contribution in [0.4, 0.5) is 29.7 Å². The van der Waals surface area contributed by atoms with Crippen molar-refractivity contribution >= 4 is 81.0 Å². The summed E-state index contributed by atoms with van der Waals surface area (Å²) in [5.41, 5.74) is -0.778. The first-order valence-corrected chi connectivity index (χ1v) is 17.5. The maximum Gasteiger partial charge on any atom is 0.423 e. The lowest BCUT2D eigenvalue weighted by atomic mass is 9.80. The van der Waals surface area contributed by atoms with E-state index in [-0.39, 0.29) is 35.2 Å². The van der Waals surface area contributed by atoms with E-state index in [1.807, 2.05) is 4.90 Å². The third-order valence-corrected chi connectivity index (χ3v) is 9.68. The first-order valence-electron chi connectivity index (χ1n) is 16.3. The van der Waals surface area contributed by atoms with Gasteiger partial charge in [0.1, 0.15) is 22.7 Å². The van der Waals surface area contributed by atoms with Crippen LogP contribution in [0.1, 0.15) is 78.1 Å². The molecular formula is C34H39ClF2N4O6S2. The molecule has 2 heterocycles. The number of benzene rings is 2. The molecule has 4 fully saturated rings. The predicted molar refractivity (Wildman–Crippen MR) is 189 cm³/mol. The van der Waals surface area contributed by atoms with Crippen LogP contribution in [0.3, 0.4) is 0 Å². The molecule has 2 spiro atoms. The number of carbonyl (C=O) groups is 4. The second-order valence-electron chi connectivity index (χ2n) is 11.9. The average Bonchev–Trinajstić information content (AvgIpc) is 3.43. The third kappa shape index (κ3) is 8.18. The van der Waals surface area contributed by atoms with Crippen LogP contribution < -0.4 is 15.1 Å². The number of carbonyl (C=O) groups excluding carboxylic acids is 4. The van der Waals surface area contributed by atoms with Crippen LogP contribution in [-0.4, -0.2) is 62.8 Å². The molecule has 2 aromatic rings. The predicted octanol–water partition coefficient (Wildman–Crippen LogP) is 7.75. The highest BCUT2D eigenvalue weighted by atomic mass is 35.5. The summed E-state index contributed by atoms with van der Waals surface area (Å²) in [6, 6.07) is 12.0. The summed E-state index contributed by atoms with van der Waals surface area (Å²) in [5, 5.41) is 3.30. The van der Waals surface area contributed by atoms with E-state index in [4.69, 9.17) is 40.8 Å². The van der Waals surface area contributed by atoms with Crippen LogP contribution >= 0.6 is 36.0 Å². The van der Waals surface area contributed by atoms with Crippen molar-refractivity contribution in [2.75, 3.05) is 23.0 Å². The Bertz CT molecular complexity index is 1550. The third-order valence-electron chi connectivity index (χ3n) is 8.93. The topological polar surface area (TPSA) is 108 Å². The lowest BCUT2D eigenvalue weighted by Gasteiger charge is -2.39. The molecule has 0 aromatic heterocycles. The number of rotatable bonds is 4. The number of anilines is 2. The SMILES string of the molecule is CCOC(=O)Cl.CCOC(=O)N1C(=O)C2(CCCCC2)N(c2ccc(F)cc2)C1=S.O=C1NC(=S)N(c2ccc(F)cc2)C12CCCCC2. The van der Waals surface area contributed by atoms with E-state index in [1.54, 1.807) is 43.0 Å². The zero-order valence-corrected chi connectivity index (χ0v) is 29.7. The summed E-state index contributed by atoms with van der Waals surface area (Å²) >= 11 is 15.4. The molecule has 1 N–H and O–H groups in total. The van der Waals surface area contributed by atoms with Gasteiger partial charge in [0.15, 0.2) is 10.2 Å². The minimum Gasteiger partial charge on any atom is -0.454 e. The Morgan fingerprint density at radius 2 is 1.20 bits per heavy atom. The van der Waals surface area contributed by atoms with Gasteiger partial charge >= 0.3 is 11.5 Å². The molecule has 2 saturated carbocycles. The molecule has 264 valence electrons. The smallest absolute Gasteiger partial charge is 0.423 e. The van der Waals surface area contributed by atoms with Gasteiger partial charge in [-0.25, -0.2) is 18.4 Å². The highest BCUT2D eigenvalue weighted by molar-refractivity contribution is 7.80. The molecule has 4 aliphatic rings. The Morgan fingerprint density at radius 3 is 1.63 bits per heavy atom. The first-order chi connectivity index (χ1) is 23.4. The maximum atomic E-state index is 13.3. The number of amides is 3. The van der Waals surface area contributed by atoms with Gasteiger partial charge in [-0.2, -0.15) is 4.90 Å². The number of ether oxygens (including phenoxy) is 2. The summed E-state index contributed by atoms with van der Waals surface area (Å²) in [7, 11) is 0. The molecule has 2 saturated heterocycles. The van der Waals surface area contributed by atoms with Crippen molar-refractivity contribution in [3.05, 3.63) is 60.2 Å². The highest BCUT2D eigenvalue weighted by Gasteiger charge is 2.58. The van der Waals surface area contributed by atoms with Crippen molar-refractivity contribution in [2.24, 2.45) is 0 Å². The van der Waals surface area contributed by atoms with Crippen molar-refractivity contribution in [3.63, 3.8) is 0 Å². The number of halogens is 3. The molecule has 2 aliphatic carbocycles. The van der Waals surface area contributed by atoms with Gasteiger partial charge < -0.3 is 24.6 Å². The van der Waals surface area contributed by atoms with Crippen molar-refractivity contribution < 1.29 is 37.4 Å². The number of nitrogens with one attached hydrogen (secondary N) is 1. The summed E-state index contributed by atoms with van der Waals surface area (Å²) in [5.74, 6) is -1.00. The number of imide groups is 1. The van der Waals surface area contributed by atoms with Crippen molar-refractivity contribution in [1.82, 2.24) is 10.2 Å². The van der Waals surface area contributed by atoms with E-state index in [0.717, 1.165) is 62.0 Å². The fourth-order valence-corrected chi connectivity index (χ4v) is 7.68. The van der Waals surface area contributed by atoms with Crippen LogP contribution in [-0.2, 0) is 19.1 Å². The van der Waals surface area contributed by atoms with Crippen LogP contribution in [0.15, 0.2) is 48.5 Å². The Hall–Kier alpha value is -3.75. The fraction of sp³-hybridized carbons (Fsp3) is 0.471. The van der Waals surface area contributed by atoms with E-state index in [0.29, 0.717) is 30.2 Å². The Morgan fingerprint density at radius 1 is 0.755 bits per heavy atom. The first kappa shape index (κ1) is 38.1. The monoisotopic (exact) mass is 736 g/mol. The van der Waals surface area contributed by atoms with Gasteiger partial charge in [-0.3, -0.25) is 9.59 Å². The van der Waals surface area contributed by atoms with Gasteiger partial charge in [0.25, 0.3) is 11.8 Å². The highest BCUT2D eigenvalue weighted by Crippen LogP contribution is 2.44. The van der Waals surface area contributed by atoms with Crippen molar-refractivity contribution in [2.45, 2.75) is 89.1 Å². The molecule has 2 aromatic carbocycles. The summed E-state index contributed by atoms with van der Waals surface area (Å²) in [6.45, 7) is 3.88. The van der Waals surface area contributed by atoms with Gasteiger partial charge in [0.2, 0.25) is 0 Å². The fourth-order valence-electron chi connectivity index (χ4n) is 6.77.